The second-order valence-corrected chi connectivity index (χ2v) is 18.6. The lowest BCUT2D eigenvalue weighted by Crippen LogP contribution is -2.14. The van der Waals surface area contributed by atoms with Crippen LogP contribution in [0.1, 0.15) is 25.0 Å². The first kappa shape index (κ1) is 33.9. The molecule has 0 N–H and O–H groups in total. The lowest BCUT2D eigenvalue weighted by Gasteiger charge is -2.25. The van der Waals surface area contributed by atoms with Gasteiger partial charge in [-0.25, -0.2) is 0 Å². The van der Waals surface area contributed by atoms with Crippen molar-refractivity contribution >= 4 is 108 Å². The van der Waals surface area contributed by atoms with E-state index in [9.17, 15) is 0 Å². The van der Waals surface area contributed by atoms with Crippen molar-refractivity contribution in [2.75, 3.05) is 0 Å². The molecule has 0 aliphatic heterocycles. The fourth-order valence-corrected chi connectivity index (χ4v) is 12.7. The van der Waals surface area contributed by atoms with Crippen molar-refractivity contribution in [2.24, 2.45) is 0 Å². The van der Waals surface area contributed by atoms with E-state index in [1.54, 1.807) is 0 Å². The van der Waals surface area contributed by atoms with E-state index >= 15 is 0 Å². The van der Waals surface area contributed by atoms with Crippen molar-refractivity contribution in [1.82, 2.24) is 0 Å². The smallest absolute Gasteiger partial charge is 0.0159 e. The van der Waals surface area contributed by atoms with Gasteiger partial charge in [-0.15, -0.1) is 0 Å². The highest BCUT2D eigenvalue weighted by Gasteiger charge is 2.36. The monoisotopic (exact) mass is 794 g/mol. The van der Waals surface area contributed by atoms with Gasteiger partial charge < -0.3 is 0 Å². The van der Waals surface area contributed by atoms with Crippen LogP contribution in [-0.4, -0.2) is 0 Å². The maximum absolute atomic E-state index is 2.59. The van der Waals surface area contributed by atoms with E-state index < -0.39 is 0 Å². The third-order valence-electron chi connectivity index (χ3n) is 15.3. The van der Waals surface area contributed by atoms with Crippen LogP contribution in [0.15, 0.2) is 194 Å². The Kier molecular flexibility index (Phi) is 6.32. The Labute approximate surface area is 363 Å². The molecular formula is C63H38. The van der Waals surface area contributed by atoms with Gasteiger partial charge in [0, 0.05) is 5.41 Å². The average Bonchev–Trinajstić information content (AvgIpc) is 3.55. The standard InChI is InChI=1S/C63H38/c1-63(2)55-28-6-5-17-37(55)52-33-53-54(34-56(52)63)62(51-32-30-49-41-23-10-16-36-14-8-21-39(58(36)41)45-25-12-27-47(51)60(45)49)43-19-4-3-18-42(43)61(53)50-31-29-48-40-22-9-15-35-13-7-20-38(57(35)40)44-24-11-26-46(50)59(44)48/h3-34H,1-2H3. The van der Waals surface area contributed by atoms with Crippen LogP contribution in [0.5, 0.6) is 0 Å². The topological polar surface area (TPSA) is 0 Å². The predicted octanol–water partition coefficient (Wildman–Crippen LogP) is 17.7. The molecule has 0 saturated carbocycles. The molecule has 290 valence electrons. The van der Waals surface area contributed by atoms with Crippen molar-refractivity contribution < 1.29 is 0 Å². The zero-order valence-electron chi connectivity index (χ0n) is 35.0. The lowest BCUT2D eigenvalue weighted by atomic mass is 9.78. The van der Waals surface area contributed by atoms with Gasteiger partial charge in [-0.05, 0) is 164 Å². The van der Waals surface area contributed by atoms with Gasteiger partial charge in [0.15, 0.2) is 0 Å². The molecule has 0 spiro atoms. The molecule has 0 fully saturated rings. The molecule has 0 heteroatoms. The fourth-order valence-electron chi connectivity index (χ4n) is 12.7. The van der Waals surface area contributed by atoms with E-state index in [-0.39, 0.29) is 5.41 Å². The molecule has 14 aromatic rings. The Morgan fingerprint density at radius 3 is 1.13 bits per heavy atom. The van der Waals surface area contributed by atoms with Gasteiger partial charge in [0.1, 0.15) is 0 Å². The van der Waals surface area contributed by atoms with E-state index in [2.05, 4.69) is 208 Å². The van der Waals surface area contributed by atoms with Crippen LogP contribution in [0.4, 0.5) is 0 Å². The highest BCUT2D eigenvalue weighted by atomic mass is 14.4. The molecule has 0 nitrogen and oxygen atoms in total. The largest absolute Gasteiger partial charge is 0.0619 e. The third-order valence-corrected chi connectivity index (χ3v) is 15.3. The number of fused-ring (bicyclic) bond motifs is 9. The Morgan fingerprint density at radius 1 is 0.238 bits per heavy atom. The fraction of sp³-hybridized carbons (Fsp3) is 0.0476. The van der Waals surface area contributed by atoms with Crippen molar-refractivity contribution in [3.8, 4) is 33.4 Å². The van der Waals surface area contributed by atoms with Crippen LogP contribution < -0.4 is 0 Å². The second-order valence-electron chi connectivity index (χ2n) is 18.6. The summed E-state index contributed by atoms with van der Waals surface area (Å²) in [6.07, 6.45) is 0. The number of hydrogen-bond acceptors (Lipinski definition) is 0. The van der Waals surface area contributed by atoms with Gasteiger partial charge in [0.2, 0.25) is 0 Å². The van der Waals surface area contributed by atoms with Crippen molar-refractivity contribution in [3.63, 3.8) is 0 Å². The average molecular weight is 795 g/mol. The maximum atomic E-state index is 2.59. The van der Waals surface area contributed by atoms with Crippen LogP contribution in [0, 0.1) is 0 Å². The first-order valence-electron chi connectivity index (χ1n) is 22.3. The Balaban J connectivity index is 1.13. The third kappa shape index (κ3) is 4.17. The van der Waals surface area contributed by atoms with Crippen LogP contribution >= 0.6 is 0 Å². The summed E-state index contributed by atoms with van der Waals surface area (Å²) in [6.45, 7) is 4.83. The maximum Gasteiger partial charge on any atom is 0.0159 e. The number of rotatable bonds is 2. The molecule has 0 heterocycles. The molecule has 0 amide bonds. The van der Waals surface area contributed by atoms with Crippen LogP contribution in [0.3, 0.4) is 0 Å². The molecule has 0 saturated heterocycles. The van der Waals surface area contributed by atoms with Gasteiger partial charge in [-0.1, -0.05) is 196 Å². The molecular weight excluding hydrogens is 757 g/mol. The molecule has 63 heavy (non-hydrogen) atoms. The van der Waals surface area contributed by atoms with E-state index in [1.165, 1.54) is 152 Å². The molecule has 0 radical (unpaired) electrons. The summed E-state index contributed by atoms with van der Waals surface area (Å²) in [5, 5.41) is 26.3. The summed E-state index contributed by atoms with van der Waals surface area (Å²) in [6, 6.07) is 74.3. The minimum Gasteiger partial charge on any atom is -0.0619 e. The van der Waals surface area contributed by atoms with E-state index in [1.807, 2.05) is 0 Å². The zero-order valence-corrected chi connectivity index (χ0v) is 35.0. The normalized spacial score (nSPS) is 13.7. The zero-order chi connectivity index (χ0) is 41.3. The van der Waals surface area contributed by atoms with Gasteiger partial charge in [-0.2, -0.15) is 0 Å². The molecule has 1 aliphatic rings. The van der Waals surface area contributed by atoms with Gasteiger partial charge >= 0.3 is 0 Å². The van der Waals surface area contributed by atoms with Crippen molar-refractivity contribution in [2.45, 2.75) is 19.3 Å². The summed E-state index contributed by atoms with van der Waals surface area (Å²) >= 11 is 0. The Morgan fingerprint density at radius 2 is 0.619 bits per heavy atom. The van der Waals surface area contributed by atoms with Crippen molar-refractivity contribution in [1.29, 1.82) is 0 Å². The van der Waals surface area contributed by atoms with Crippen molar-refractivity contribution in [3.05, 3.63) is 205 Å². The molecule has 0 bridgehead atoms. The summed E-state index contributed by atoms with van der Waals surface area (Å²) in [5.41, 5.74) is 10.5. The van der Waals surface area contributed by atoms with Crippen LogP contribution in [0.25, 0.3) is 141 Å². The first-order valence-corrected chi connectivity index (χ1v) is 22.3. The molecule has 0 unspecified atom stereocenters. The van der Waals surface area contributed by atoms with E-state index in [0.29, 0.717) is 0 Å². The van der Waals surface area contributed by atoms with E-state index in [4.69, 9.17) is 0 Å². The van der Waals surface area contributed by atoms with Gasteiger partial charge in [-0.3, -0.25) is 0 Å². The second kappa shape index (κ2) is 11.8. The quantitative estimate of drug-likeness (QED) is 0.121. The highest BCUT2D eigenvalue weighted by molar-refractivity contribution is 6.37. The number of hydrogen-bond donors (Lipinski definition) is 0. The van der Waals surface area contributed by atoms with Crippen LogP contribution in [-0.2, 0) is 5.41 Å². The van der Waals surface area contributed by atoms with Gasteiger partial charge in [0.25, 0.3) is 0 Å². The molecule has 0 atom stereocenters. The molecule has 1 aliphatic carbocycles. The summed E-state index contributed by atoms with van der Waals surface area (Å²) in [7, 11) is 0. The molecule has 14 aromatic carbocycles. The molecule has 0 aromatic heterocycles. The lowest BCUT2D eigenvalue weighted by molar-refractivity contribution is 0.661. The Bertz CT molecular complexity index is 4230. The Hall–Kier alpha value is -7.80. The minimum absolute atomic E-state index is 0.153. The van der Waals surface area contributed by atoms with E-state index in [0.717, 1.165) is 0 Å². The minimum atomic E-state index is -0.153. The first-order chi connectivity index (χ1) is 31.0. The molecule has 15 rings (SSSR count). The predicted molar refractivity (Wildman–Crippen MR) is 272 cm³/mol. The number of benzene rings is 14. The SMILES string of the molecule is CC1(C)c2ccccc2-c2cc3c(-c4ccc5c6cccc7cccc(c8cccc4c85)c76)c4ccccc4c(-c4ccc5c6cccc7cccc(c8cccc4c85)c76)c3cc21. The summed E-state index contributed by atoms with van der Waals surface area (Å²) in [4.78, 5) is 0. The van der Waals surface area contributed by atoms with Gasteiger partial charge in [0.05, 0.1) is 0 Å². The summed E-state index contributed by atoms with van der Waals surface area (Å²) in [5.74, 6) is 0. The highest BCUT2D eigenvalue weighted by Crippen LogP contribution is 2.55. The van der Waals surface area contributed by atoms with Crippen LogP contribution in [0.2, 0.25) is 0 Å². The summed E-state index contributed by atoms with van der Waals surface area (Å²) < 4.78 is 0.